The lowest BCUT2D eigenvalue weighted by Crippen LogP contribution is -2.04. The van der Waals surface area contributed by atoms with Gasteiger partial charge in [-0.3, -0.25) is 0 Å². The maximum atomic E-state index is 5.75. The second-order valence-electron chi connectivity index (χ2n) is 3.36. The number of hydrogen-bond donors (Lipinski definition) is 0. The Morgan fingerprint density at radius 3 is 2.87 bits per heavy atom. The van der Waals surface area contributed by atoms with Crippen molar-refractivity contribution >= 4 is 11.6 Å². The minimum absolute atomic E-state index is 0.306. The molecule has 0 atom stereocenters. The molecule has 0 fully saturated rings. The lowest BCUT2D eigenvalue weighted by Gasteiger charge is -2.08. The van der Waals surface area contributed by atoms with Crippen molar-refractivity contribution < 1.29 is 0 Å². The fraction of sp³-hybridized carbons (Fsp3) is 0.300. The van der Waals surface area contributed by atoms with Crippen molar-refractivity contribution in [1.29, 1.82) is 0 Å². The normalized spacial score (nSPS) is 10.6. The first-order valence-electron chi connectivity index (χ1n) is 4.64. The zero-order chi connectivity index (χ0) is 10.8. The third-order valence-corrected chi connectivity index (χ3v) is 2.70. The Bertz CT molecular complexity index is 478. The van der Waals surface area contributed by atoms with Gasteiger partial charge in [-0.25, -0.2) is 0 Å². The fourth-order valence-corrected chi connectivity index (χ4v) is 1.61. The molecule has 0 saturated carbocycles. The molecule has 1 aromatic heterocycles. The molecule has 0 N–H and O–H groups in total. The minimum Gasteiger partial charge on any atom is -0.196 e. The Hall–Kier alpha value is -1.42. The number of benzene rings is 1. The molecular weight excluding hydrogens is 212 g/mol. The molecule has 1 heterocycles. The third-order valence-electron chi connectivity index (χ3n) is 2.46. The topological polar surface area (TPSA) is 43.6 Å². The van der Waals surface area contributed by atoms with E-state index in [1.54, 1.807) is 4.68 Å². The van der Waals surface area contributed by atoms with Crippen molar-refractivity contribution in [3.8, 4) is 5.69 Å². The van der Waals surface area contributed by atoms with E-state index in [9.17, 15) is 0 Å². The first-order chi connectivity index (χ1) is 7.24. The first kappa shape index (κ1) is 10.1. The monoisotopic (exact) mass is 222 g/mol. The zero-order valence-electron chi connectivity index (χ0n) is 8.61. The maximum absolute atomic E-state index is 5.75. The summed E-state index contributed by atoms with van der Waals surface area (Å²) >= 11 is 5.75. The van der Waals surface area contributed by atoms with Crippen LogP contribution in [0, 0.1) is 13.8 Å². The SMILES string of the molecule is Cc1cccc(-n2nnnc2CCl)c1C. The quantitative estimate of drug-likeness (QED) is 0.731. The van der Waals surface area contributed by atoms with Gasteiger partial charge in [-0.2, -0.15) is 4.68 Å². The summed E-state index contributed by atoms with van der Waals surface area (Å²) in [4.78, 5) is 0. The largest absolute Gasteiger partial charge is 0.196 e. The van der Waals surface area contributed by atoms with Gasteiger partial charge in [0.15, 0.2) is 5.82 Å². The van der Waals surface area contributed by atoms with Gasteiger partial charge in [-0.15, -0.1) is 16.7 Å². The Morgan fingerprint density at radius 1 is 1.33 bits per heavy atom. The second-order valence-corrected chi connectivity index (χ2v) is 3.63. The molecule has 0 unspecified atom stereocenters. The van der Waals surface area contributed by atoms with Crippen molar-refractivity contribution in [3.63, 3.8) is 0 Å². The number of nitrogens with zero attached hydrogens (tertiary/aromatic N) is 4. The molecule has 5 heteroatoms. The predicted octanol–water partition coefficient (Wildman–Crippen LogP) is 2.02. The summed E-state index contributed by atoms with van der Waals surface area (Å²) in [5, 5.41) is 11.4. The first-order valence-corrected chi connectivity index (χ1v) is 5.17. The summed E-state index contributed by atoms with van der Waals surface area (Å²) in [6, 6.07) is 6.02. The average Bonchev–Trinajstić information content (AvgIpc) is 2.70. The van der Waals surface area contributed by atoms with E-state index >= 15 is 0 Å². The Morgan fingerprint density at radius 2 is 2.13 bits per heavy atom. The molecule has 15 heavy (non-hydrogen) atoms. The van der Waals surface area contributed by atoms with Gasteiger partial charge in [-0.05, 0) is 41.5 Å². The molecule has 0 aliphatic carbocycles. The number of rotatable bonds is 2. The van der Waals surface area contributed by atoms with Crippen molar-refractivity contribution in [2.45, 2.75) is 19.7 Å². The Kier molecular flexibility index (Phi) is 2.68. The van der Waals surface area contributed by atoms with Crippen LogP contribution in [0.2, 0.25) is 0 Å². The molecule has 1 aromatic carbocycles. The van der Waals surface area contributed by atoms with E-state index in [0.717, 1.165) is 11.3 Å². The number of alkyl halides is 1. The lowest BCUT2D eigenvalue weighted by atomic mass is 10.1. The molecule has 0 spiro atoms. The van der Waals surface area contributed by atoms with E-state index in [-0.39, 0.29) is 0 Å². The van der Waals surface area contributed by atoms with Crippen LogP contribution in [0.15, 0.2) is 18.2 Å². The molecular formula is C10H11ClN4. The molecule has 0 amide bonds. The number of tetrazole rings is 1. The van der Waals surface area contributed by atoms with E-state index in [1.807, 2.05) is 19.1 Å². The van der Waals surface area contributed by atoms with Gasteiger partial charge in [0.05, 0.1) is 11.6 Å². The van der Waals surface area contributed by atoms with E-state index in [0.29, 0.717) is 11.7 Å². The second kappa shape index (κ2) is 3.98. The Labute approximate surface area is 92.9 Å². The van der Waals surface area contributed by atoms with Gasteiger partial charge in [0.25, 0.3) is 0 Å². The van der Waals surface area contributed by atoms with E-state index in [4.69, 9.17) is 11.6 Å². The standard InChI is InChI=1S/C10H11ClN4/c1-7-4-3-5-9(8(7)2)15-10(6-11)12-13-14-15/h3-5H,6H2,1-2H3. The van der Waals surface area contributed by atoms with Gasteiger partial charge in [0.1, 0.15) is 0 Å². The highest BCUT2D eigenvalue weighted by atomic mass is 35.5. The highest BCUT2D eigenvalue weighted by Crippen LogP contribution is 2.17. The number of hydrogen-bond acceptors (Lipinski definition) is 3. The van der Waals surface area contributed by atoms with Crippen LogP contribution in [0.3, 0.4) is 0 Å². The van der Waals surface area contributed by atoms with Gasteiger partial charge in [-0.1, -0.05) is 12.1 Å². The predicted molar refractivity (Wildman–Crippen MR) is 58.2 cm³/mol. The van der Waals surface area contributed by atoms with Crippen LogP contribution in [-0.4, -0.2) is 20.2 Å². The van der Waals surface area contributed by atoms with Crippen LogP contribution in [0.25, 0.3) is 5.69 Å². The molecule has 0 saturated heterocycles. The van der Waals surface area contributed by atoms with Gasteiger partial charge >= 0.3 is 0 Å². The van der Waals surface area contributed by atoms with E-state index in [1.165, 1.54) is 5.56 Å². The molecule has 2 rings (SSSR count). The van der Waals surface area contributed by atoms with Gasteiger partial charge < -0.3 is 0 Å². The van der Waals surface area contributed by atoms with Crippen molar-refractivity contribution in [2.75, 3.05) is 0 Å². The summed E-state index contributed by atoms with van der Waals surface area (Å²) in [7, 11) is 0. The number of aromatic nitrogens is 4. The van der Waals surface area contributed by atoms with E-state index < -0.39 is 0 Å². The van der Waals surface area contributed by atoms with Crippen LogP contribution in [-0.2, 0) is 5.88 Å². The summed E-state index contributed by atoms with van der Waals surface area (Å²) in [6.07, 6.45) is 0. The highest BCUT2D eigenvalue weighted by molar-refractivity contribution is 6.16. The van der Waals surface area contributed by atoms with Gasteiger partial charge in [0, 0.05) is 0 Å². The van der Waals surface area contributed by atoms with Crippen molar-refractivity contribution in [3.05, 3.63) is 35.2 Å². The Balaban J connectivity index is 2.59. The maximum Gasteiger partial charge on any atom is 0.171 e. The smallest absolute Gasteiger partial charge is 0.171 e. The third kappa shape index (κ3) is 1.72. The molecule has 78 valence electrons. The molecule has 0 bridgehead atoms. The molecule has 4 nitrogen and oxygen atoms in total. The molecule has 0 aliphatic heterocycles. The molecule has 2 aromatic rings. The summed E-state index contributed by atoms with van der Waals surface area (Å²) in [6.45, 7) is 4.11. The summed E-state index contributed by atoms with van der Waals surface area (Å²) < 4.78 is 1.68. The van der Waals surface area contributed by atoms with Crippen LogP contribution in [0.5, 0.6) is 0 Å². The van der Waals surface area contributed by atoms with E-state index in [2.05, 4.69) is 28.5 Å². The average molecular weight is 223 g/mol. The van der Waals surface area contributed by atoms with Crippen LogP contribution in [0.1, 0.15) is 17.0 Å². The molecule has 0 radical (unpaired) electrons. The minimum atomic E-state index is 0.306. The highest BCUT2D eigenvalue weighted by Gasteiger charge is 2.09. The number of aryl methyl sites for hydroxylation is 1. The molecule has 0 aliphatic rings. The van der Waals surface area contributed by atoms with Crippen LogP contribution in [0.4, 0.5) is 0 Å². The van der Waals surface area contributed by atoms with Crippen LogP contribution < -0.4 is 0 Å². The van der Waals surface area contributed by atoms with Crippen molar-refractivity contribution in [1.82, 2.24) is 20.2 Å². The number of halogens is 1. The summed E-state index contributed by atoms with van der Waals surface area (Å²) in [5.41, 5.74) is 3.36. The fourth-order valence-electron chi connectivity index (χ4n) is 1.44. The van der Waals surface area contributed by atoms with Gasteiger partial charge in [0.2, 0.25) is 0 Å². The van der Waals surface area contributed by atoms with Crippen molar-refractivity contribution in [2.24, 2.45) is 0 Å². The zero-order valence-corrected chi connectivity index (χ0v) is 9.36. The van der Waals surface area contributed by atoms with Crippen LogP contribution >= 0.6 is 11.6 Å². The summed E-state index contributed by atoms with van der Waals surface area (Å²) in [5.74, 6) is 0.964. The lowest BCUT2D eigenvalue weighted by molar-refractivity contribution is 0.772.